The molecule has 0 spiro atoms. The summed E-state index contributed by atoms with van der Waals surface area (Å²) in [5, 5.41) is 4.22. The van der Waals surface area contributed by atoms with Crippen LogP contribution >= 0.6 is 0 Å². The van der Waals surface area contributed by atoms with Gasteiger partial charge in [0, 0.05) is 6.54 Å². The van der Waals surface area contributed by atoms with E-state index in [1.165, 1.54) is 5.56 Å². The van der Waals surface area contributed by atoms with Crippen molar-refractivity contribution in [2.75, 3.05) is 24.6 Å². The Labute approximate surface area is 141 Å². The van der Waals surface area contributed by atoms with Gasteiger partial charge in [0.2, 0.25) is 5.91 Å². The van der Waals surface area contributed by atoms with Crippen LogP contribution in [0.25, 0.3) is 0 Å². The third-order valence-electron chi connectivity index (χ3n) is 5.14. The maximum absolute atomic E-state index is 12.6. The molecule has 0 N–H and O–H groups in total. The molecule has 3 heterocycles. The van der Waals surface area contributed by atoms with Crippen LogP contribution in [0.1, 0.15) is 17.5 Å². The van der Waals surface area contributed by atoms with Crippen molar-refractivity contribution in [1.82, 2.24) is 4.90 Å². The van der Waals surface area contributed by atoms with E-state index >= 15 is 0 Å². The van der Waals surface area contributed by atoms with E-state index in [1.807, 2.05) is 31.2 Å². The largest absolute Gasteiger partial charge is 0.390 e. The Kier molecular flexibility index (Phi) is 3.63. The van der Waals surface area contributed by atoms with Crippen LogP contribution in [-0.2, 0) is 19.5 Å². The van der Waals surface area contributed by atoms with E-state index in [0.29, 0.717) is 19.5 Å². The molecule has 0 saturated carbocycles. The molecule has 0 unspecified atom stereocenters. The average Bonchev–Trinajstić information content (AvgIpc) is 3.21. The lowest BCUT2D eigenvalue weighted by Gasteiger charge is -2.20. The number of hydrogen-bond donors (Lipinski definition) is 0. The summed E-state index contributed by atoms with van der Waals surface area (Å²) in [4.78, 5) is 19.9. The van der Waals surface area contributed by atoms with Gasteiger partial charge in [-0.1, -0.05) is 35.0 Å². The number of hydrogen-bond acceptors (Lipinski definition) is 5. The normalized spacial score (nSPS) is 30.8. The van der Waals surface area contributed by atoms with E-state index in [2.05, 4.69) is 5.16 Å². The van der Waals surface area contributed by atoms with Crippen LogP contribution in [0, 0.1) is 18.8 Å². The molecule has 0 aromatic heterocycles. The Hall–Kier alpha value is -1.89. The van der Waals surface area contributed by atoms with Gasteiger partial charge >= 0.3 is 0 Å². The standard InChI is InChI=1S/C17H20N2O4S/c1-11-2-4-12(5-3-11)16-14-8-19(9-15(14)23-18-16)17(20)13-6-7-24(21,22)10-13/h2-5,13-15H,6-10H2,1H3/t13-,14+,15+/m0/s1. The number of aryl methyl sites for hydroxylation is 1. The van der Waals surface area contributed by atoms with Crippen molar-refractivity contribution in [3.63, 3.8) is 0 Å². The van der Waals surface area contributed by atoms with Gasteiger partial charge in [-0.25, -0.2) is 8.42 Å². The predicted molar refractivity (Wildman–Crippen MR) is 89.4 cm³/mol. The SMILES string of the molecule is Cc1ccc(C2=NO[C@@H]3CN(C(=O)[C@H]4CCS(=O)(=O)C4)C[C@@H]23)cc1. The molecule has 2 saturated heterocycles. The molecule has 2 fully saturated rings. The summed E-state index contributed by atoms with van der Waals surface area (Å²) in [7, 11) is -3.05. The first-order valence-electron chi connectivity index (χ1n) is 8.23. The van der Waals surface area contributed by atoms with Crippen LogP contribution in [-0.4, -0.2) is 55.6 Å². The van der Waals surface area contributed by atoms with Crippen molar-refractivity contribution in [3.8, 4) is 0 Å². The number of carbonyl (C=O) groups is 1. The Morgan fingerprint density at radius 3 is 2.67 bits per heavy atom. The fourth-order valence-corrected chi connectivity index (χ4v) is 5.49. The molecule has 0 aliphatic carbocycles. The average molecular weight is 348 g/mol. The number of carbonyl (C=O) groups excluding carboxylic acids is 1. The lowest BCUT2D eigenvalue weighted by molar-refractivity contribution is -0.134. The lowest BCUT2D eigenvalue weighted by Crippen LogP contribution is -2.36. The van der Waals surface area contributed by atoms with E-state index in [-0.39, 0.29) is 29.4 Å². The fourth-order valence-electron chi connectivity index (χ4n) is 3.75. The molecule has 3 atom stereocenters. The first-order valence-corrected chi connectivity index (χ1v) is 10.0. The van der Waals surface area contributed by atoms with Gasteiger partial charge in [0.05, 0.1) is 35.6 Å². The number of benzene rings is 1. The summed E-state index contributed by atoms with van der Waals surface area (Å²) >= 11 is 0. The second-order valence-corrected chi connectivity index (χ2v) is 9.16. The van der Waals surface area contributed by atoms with Crippen LogP contribution in [0.2, 0.25) is 0 Å². The molecule has 1 aromatic rings. The highest BCUT2D eigenvalue weighted by atomic mass is 32.2. The van der Waals surface area contributed by atoms with Gasteiger partial charge in [-0.3, -0.25) is 4.79 Å². The predicted octanol–water partition coefficient (Wildman–Crippen LogP) is 0.991. The molecule has 128 valence electrons. The molecule has 3 aliphatic heterocycles. The third kappa shape index (κ3) is 2.70. The highest BCUT2D eigenvalue weighted by molar-refractivity contribution is 7.91. The van der Waals surface area contributed by atoms with Gasteiger partial charge in [0.1, 0.15) is 0 Å². The molecule has 0 bridgehead atoms. The van der Waals surface area contributed by atoms with Gasteiger partial charge in [0.15, 0.2) is 15.9 Å². The molecule has 3 aliphatic rings. The number of amides is 1. The van der Waals surface area contributed by atoms with Gasteiger partial charge in [-0.2, -0.15) is 0 Å². The van der Waals surface area contributed by atoms with E-state index in [1.54, 1.807) is 4.90 Å². The van der Waals surface area contributed by atoms with Crippen molar-refractivity contribution >= 4 is 21.5 Å². The highest BCUT2D eigenvalue weighted by Crippen LogP contribution is 2.32. The van der Waals surface area contributed by atoms with Crippen molar-refractivity contribution in [2.45, 2.75) is 19.4 Å². The summed E-state index contributed by atoms with van der Waals surface area (Å²) in [6, 6.07) is 8.11. The number of fused-ring (bicyclic) bond motifs is 1. The van der Waals surface area contributed by atoms with Crippen molar-refractivity contribution in [2.24, 2.45) is 17.0 Å². The molecular weight excluding hydrogens is 328 g/mol. The minimum absolute atomic E-state index is 0.0164. The zero-order chi connectivity index (χ0) is 16.9. The van der Waals surface area contributed by atoms with E-state index in [4.69, 9.17) is 4.84 Å². The zero-order valence-electron chi connectivity index (χ0n) is 13.5. The van der Waals surface area contributed by atoms with E-state index in [0.717, 1.165) is 11.3 Å². The molecule has 7 heteroatoms. The van der Waals surface area contributed by atoms with E-state index in [9.17, 15) is 13.2 Å². The van der Waals surface area contributed by atoms with Crippen molar-refractivity contribution in [1.29, 1.82) is 0 Å². The first-order chi connectivity index (χ1) is 11.4. The Morgan fingerprint density at radius 1 is 1.25 bits per heavy atom. The van der Waals surface area contributed by atoms with Crippen LogP contribution in [0.5, 0.6) is 0 Å². The summed E-state index contributed by atoms with van der Waals surface area (Å²) in [6.45, 7) is 3.07. The number of rotatable bonds is 2. The Morgan fingerprint density at radius 2 is 2.00 bits per heavy atom. The minimum atomic E-state index is -3.05. The first kappa shape index (κ1) is 15.6. The van der Waals surface area contributed by atoms with Crippen LogP contribution < -0.4 is 0 Å². The summed E-state index contributed by atoms with van der Waals surface area (Å²) < 4.78 is 23.2. The van der Waals surface area contributed by atoms with Crippen LogP contribution in [0.3, 0.4) is 0 Å². The summed E-state index contributed by atoms with van der Waals surface area (Å²) in [6.07, 6.45) is 0.315. The quantitative estimate of drug-likeness (QED) is 0.799. The topological polar surface area (TPSA) is 76.0 Å². The molecule has 1 aromatic carbocycles. The van der Waals surface area contributed by atoms with Crippen LogP contribution in [0.15, 0.2) is 29.4 Å². The van der Waals surface area contributed by atoms with Gasteiger partial charge in [-0.15, -0.1) is 0 Å². The second-order valence-electron chi connectivity index (χ2n) is 6.94. The third-order valence-corrected chi connectivity index (χ3v) is 6.91. The number of nitrogens with zero attached hydrogens (tertiary/aromatic N) is 2. The molecule has 1 amide bonds. The zero-order valence-corrected chi connectivity index (χ0v) is 14.3. The smallest absolute Gasteiger partial charge is 0.226 e. The van der Waals surface area contributed by atoms with Crippen molar-refractivity contribution < 1.29 is 18.0 Å². The number of oxime groups is 1. The van der Waals surface area contributed by atoms with Gasteiger partial charge in [-0.05, 0) is 18.9 Å². The van der Waals surface area contributed by atoms with Crippen molar-refractivity contribution in [3.05, 3.63) is 35.4 Å². The number of likely N-dealkylation sites (tertiary alicyclic amines) is 1. The van der Waals surface area contributed by atoms with Crippen LogP contribution in [0.4, 0.5) is 0 Å². The maximum Gasteiger partial charge on any atom is 0.226 e. The Balaban J connectivity index is 1.47. The summed E-state index contributed by atoms with van der Waals surface area (Å²) in [5.41, 5.74) is 3.08. The second kappa shape index (κ2) is 5.58. The van der Waals surface area contributed by atoms with E-state index < -0.39 is 15.8 Å². The number of sulfone groups is 1. The molecule has 24 heavy (non-hydrogen) atoms. The highest BCUT2D eigenvalue weighted by Gasteiger charge is 2.46. The molecular formula is C17H20N2O4S. The molecule has 4 rings (SSSR count). The fraction of sp³-hybridized carbons (Fsp3) is 0.529. The minimum Gasteiger partial charge on any atom is -0.390 e. The lowest BCUT2D eigenvalue weighted by atomic mass is 9.94. The molecule has 0 radical (unpaired) electrons. The Bertz CT molecular complexity index is 800. The van der Waals surface area contributed by atoms with Gasteiger partial charge in [0.25, 0.3) is 0 Å². The maximum atomic E-state index is 12.6. The molecule has 6 nitrogen and oxygen atoms in total. The monoisotopic (exact) mass is 348 g/mol. The summed E-state index contributed by atoms with van der Waals surface area (Å²) in [5.74, 6) is -0.283. The van der Waals surface area contributed by atoms with Gasteiger partial charge < -0.3 is 9.74 Å².